The van der Waals surface area contributed by atoms with Crippen molar-refractivity contribution in [2.24, 2.45) is 0 Å². The van der Waals surface area contributed by atoms with E-state index in [-0.39, 0.29) is 35.8 Å². The number of benzene rings is 2. The third-order valence-electron chi connectivity index (χ3n) is 3.18. The number of carbonyl (C=O) groups excluding carboxylic acids is 1. The van der Waals surface area contributed by atoms with Gasteiger partial charge in [0.25, 0.3) is 5.69 Å². The van der Waals surface area contributed by atoms with Crippen molar-refractivity contribution >= 4 is 28.9 Å². The molecule has 0 saturated heterocycles. The summed E-state index contributed by atoms with van der Waals surface area (Å²) in [5.41, 5.74) is 0.343. The zero-order valence-electron chi connectivity index (χ0n) is 12.5. The van der Waals surface area contributed by atoms with E-state index in [9.17, 15) is 19.3 Å². The van der Waals surface area contributed by atoms with Crippen molar-refractivity contribution in [3.63, 3.8) is 0 Å². The molecule has 0 aromatic heterocycles. The summed E-state index contributed by atoms with van der Waals surface area (Å²) < 4.78 is 18.5. The van der Waals surface area contributed by atoms with Crippen LogP contribution in [0, 0.1) is 15.9 Å². The molecular formula is C16H14ClFN2O4. The van der Waals surface area contributed by atoms with Crippen LogP contribution in [-0.2, 0) is 16.1 Å². The van der Waals surface area contributed by atoms with E-state index < -0.39 is 16.7 Å². The van der Waals surface area contributed by atoms with Gasteiger partial charge in [0.15, 0.2) is 0 Å². The maximum Gasteiger partial charge on any atom is 0.307 e. The number of nitro benzene ring substituents is 1. The van der Waals surface area contributed by atoms with E-state index in [4.69, 9.17) is 16.3 Å². The Kier molecular flexibility index (Phi) is 6.08. The third-order valence-corrected chi connectivity index (χ3v) is 3.54. The van der Waals surface area contributed by atoms with Gasteiger partial charge in [0.05, 0.1) is 16.4 Å². The van der Waals surface area contributed by atoms with Crippen LogP contribution in [-0.4, -0.2) is 17.4 Å². The maximum atomic E-state index is 13.5. The molecule has 0 unspecified atom stereocenters. The Morgan fingerprint density at radius 2 is 2.00 bits per heavy atom. The molecule has 0 bridgehead atoms. The quantitative estimate of drug-likeness (QED) is 0.464. The molecule has 0 saturated carbocycles. The average molecular weight is 353 g/mol. The monoisotopic (exact) mass is 352 g/mol. The molecule has 24 heavy (non-hydrogen) atoms. The highest BCUT2D eigenvalue weighted by atomic mass is 35.5. The van der Waals surface area contributed by atoms with Crippen molar-refractivity contribution in [3.8, 4) is 0 Å². The highest BCUT2D eigenvalue weighted by molar-refractivity contribution is 6.31. The van der Waals surface area contributed by atoms with Crippen LogP contribution in [0.15, 0.2) is 42.5 Å². The molecule has 1 N–H and O–H groups in total. The highest BCUT2D eigenvalue weighted by Gasteiger charge is 2.13. The normalized spacial score (nSPS) is 10.2. The molecule has 2 aromatic carbocycles. The first-order valence-electron chi connectivity index (χ1n) is 7.05. The van der Waals surface area contributed by atoms with Gasteiger partial charge >= 0.3 is 5.97 Å². The van der Waals surface area contributed by atoms with E-state index in [1.165, 1.54) is 24.3 Å². The van der Waals surface area contributed by atoms with E-state index >= 15 is 0 Å². The summed E-state index contributed by atoms with van der Waals surface area (Å²) in [4.78, 5) is 22.0. The summed E-state index contributed by atoms with van der Waals surface area (Å²) in [7, 11) is 0. The number of para-hydroxylation sites is 2. The van der Waals surface area contributed by atoms with Gasteiger partial charge in [-0.25, -0.2) is 4.39 Å². The van der Waals surface area contributed by atoms with Gasteiger partial charge < -0.3 is 10.1 Å². The lowest BCUT2D eigenvalue weighted by Gasteiger charge is -2.09. The fraction of sp³-hybridized carbons (Fsp3) is 0.188. The molecule has 0 amide bonds. The van der Waals surface area contributed by atoms with Crippen LogP contribution in [0.25, 0.3) is 0 Å². The first-order valence-corrected chi connectivity index (χ1v) is 7.42. The minimum atomic E-state index is -0.569. The molecule has 2 aromatic rings. The van der Waals surface area contributed by atoms with Gasteiger partial charge in [0.1, 0.15) is 18.1 Å². The minimum absolute atomic E-state index is 0.0296. The Labute approximate surface area is 142 Å². The van der Waals surface area contributed by atoms with Crippen LogP contribution in [0.1, 0.15) is 12.0 Å². The van der Waals surface area contributed by atoms with E-state index in [0.29, 0.717) is 5.69 Å². The Morgan fingerprint density at radius 3 is 2.71 bits per heavy atom. The summed E-state index contributed by atoms with van der Waals surface area (Å²) >= 11 is 5.84. The third kappa shape index (κ3) is 4.66. The van der Waals surface area contributed by atoms with Crippen molar-refractivity contribution in [2.45, 2.75) is 13.0 Å². The van der Waals surface area contributed by atoms with Crippen LogP contribution in [0.5, 0.6) is 0 Å². The summed E-state index contributed by atoms with van der Waals surface area (Å²) in [6.07, 6.45) is -0.0296. The Bertz CT molecular complexity index is 734. The first kappa shape index (κ1) is 17.7. The maximum absolute atomic E-state index is 13.5. The molecule has 0 heterocycles. The number of esters is 1. The van der Waals surface area contributed by atoms with Gasteiger partial charge in [0, 0.05) is 18.2 Å². The van der Waals surface area contributed by atoms with Crippen molar-refractivity contribution in [1.29, 1.82) is 0 Å². The van der Waals surface area contributed by atoms with Crippen molar-refractivity contribution in [1.82, 2.24) is 0 Å². The molecule has 0 atom stereocenters. The highest BCUT2D eigenvalue weighted by Crippen LogP contribution is 2.23. The van der Waals surface area contributed by atoms with Crippen molar-refractivity contribution < 1.29 is 18.8 Å². The summed E-state index contributed by atoms with van der Waals surface area (Å²) in [5, 5.41) is 13.9. The van der Waals surface area contributed by atoms with Crippen LogP contribution >= 0.6 is 11.6 Å². The number of nitrogens with zero attached hydrogens (tertiary/aromatic N) is 1. The molecule has 0 fully saturated rings. The van der Waals surface area contributed by atoms with Crippen LogP contribution < -0.4 is 5.32 Å². The zero-order chi connectivity index (χ0) is 17.5. The van der Waals surface area contributed by atoms with Gasteiger partial charge in [-0.1, -0.05) is 29.8 Å². The van der Waals surface area contributed by atoms with Gasteiger partial charge in [-0.05, 0) is 18.2 Å². The lowest BCUT2D eigenvalue weighted by atomic mass is 10.2. The molecule has 0 aliphatic rings. The molecule has 6 nitrogen and oxygen atoms in total. The molecular weight excluding hydrogens is 339 g/mol. The predicted molar refractivity (Wildman–Crippen MR) is 87.4 cm³/mol. The number of hydrogen-bond donors (Lipinski definition) is 1. The summed E-state index contributed by atoms with van der Waals surface area (Å²) in [6.45, 7) is -0.121. The second-order valence-electron chi connectivity index (χ2n) is 4.81. The predicted octanol–water partition coefficient (Wildman–Crippen LogP) is 3.93. The number of nitro groups is 1. The van der Waals surface area contributed by atoms with Crippen LogP contribution in [0.2, 0.25) is 5.02 Å². The fourth-order valence-corrected chi connectivity index (χ4v) is 2.19. The number of anilines is 1. The fourth-order valence-electron chi connectivity index (χ4n) is 1.98. The molecule has 126 valence electrons. The number of ether oxygens (including phenoxy) is 1. The topological polar surface area (TPSA) is 81.5 Å². The van der Waals surface area contributed by atoms with Crippen molar-refractivity contribution in [2.75, 3.05) is 11.9 Å². The lowest BCUT2D eigenvalue weighted by Crippen LogP contribution is -2.12. The average Bonchev–Trinajstić information content (AvgIpc) is 2.54. The van der Waals surface area contributed by atoms with E-state index in [1.807, 2.05) is 0 Å². The second kappa shape index (κ2) is 8.26. The molecule has 0 aliphatic carbocycles. The van der Waals surface area contributed by atoms with E-state index in [2.05, 4.69) is 5.32 Å². The number of nitrogens with one attached hydrogen (secondary N) is 1. The zero-order valence-corrected chi connectivity index (χ0v) is 13.3. The largest absolute Gasteiger partial charge is 0.461 e. The first-order chi connectivity index (χ1) is 11.5. The molecule has 8 heteroatoms. The number of hydrogen-bond acceptors (Lipinski definition) is 5. The Hall–Kier alpha value is -2.67. The molecule has 0 aliphatic heterocycles. The van der Waals surface area contributed by atoms with Crippen molar-refractivity contribution in [3.05, 3.63) is 69.0 Å². The molecule has 0 spiro atoms. The van der Waals surface area contributed by atoms with E-state index in [0.717, 1.165) is 0 Å². The van der Waals surface area contributed by atoms with Gasteiger partial charge in [-0.3, -0.25) is 14.9 Å². The van der Waals surface area contributed by atoms with Crippen LogP contribution in [0.3, 0.4) is 0 Å². The number of halogens is 2. The SMILES string of the molecule is O=C(CCNc1ccccc1[N+](=O)[O-])OCc1c(F)cccc1Cl. The van der Waals surface area contributed by atoms with Gasteiger partial charge in [0.2, 0.25) is 0 Å². The molecule has 0 radical (unpaired) electrons. The summed E-state index contributed by atoms with van der Waals surface area (Å²) in [5.74, 6) is -1.12. The van der Waals surface area contributed by atoms with Gasteiger partial charge in [-0.2, -0.15) is 0 Å². The smallest absolute Gasteiger partial charge is 0.307 e. The number of rotatable bonds is 7. The van der Waals surface area contributed by atoms with E-state index in [1.54, 1.807) is 18.2 Å². The minimum Gasteiger partial charge on any atom is -0.461 e. The molecule has 2 rings (SSSR count). The number of carbonyl (C=O) groups is 1. The van der Waals surface area contributed by atoms with Gasteiger partial charge in [-0.15, -0.1) is 0 Å². The van der Waals surface area contributed by atoms with Crippen LogP contribution in [0.4, 0.5) is 15.8 Å². The Morgan fingerprint density at radius 1 is 1.25 bits per heavy atom. The standard InChI is InChI=1S/C16H14ClFN2O4/c17-12-4-3-5-13(18)11(12)10-24-16(21)8-9-19-14-6-1-2-7-15(14)20(22)23/h1-7,19H,8-10H2. The summed E-state index contributed by atoms with van der Waals surface area (Å²) in [6, 6.07) is 10.3. The lowest BCUT2D eigenvalue weighted by molar-refractivity contribution is -0.384. The second-order valence-corrected chi connectivity index (χ2v) is 5.22. The Balaban J connectivity index is 1.83.